The fraction of sp³-hybridized carbons (Fsp3) is 0.571. The molecule has 5 heteroatoms. The van der Waals surface area contributed by atoms with E-state index in [0.717, 1.165) is 4.47 Å². The number of hydrogen-bond acceptors (Lipinski definition) is 3. The Balaban J connectivity index is 2.94. The molecule has 1 heterocycles. The first kappa shape index (κ1) is 9.70. The van der Waals surface area contributed by atoms with Gasteiger partial charge >= 0.3 is 0 Å². The van der Waals surface area contributed by atoms with Crippen molar-refractivity contribution in [2.45, 2.75) is 12.5 Å². The maximum Gasteiger partial charge on any atom is 0.106 e. The van der Waals surface area contributed by atoms with Crippen molar-refractivity contribution in [1.82, 2.24) is 9.78 Å². The summed E-state index contributed by atoms with van der Waals surface area (Å²) >= 11 is 3.24. The second kappa shape index (κ2) is 3.55. The SMILES string of the molecule is CC(CO)(CO)n1cc(Br)cn1. The lowest BCUT2D eigenvalue weighted by Crippen LogP contribution is -2.38. The molecule has 68 valence electrons. The molecule has 0 atom stereocenters. The van der Waals surface area contributed by atoms with Crippen molar-refractivity contribution < 1.29 is 10.2 Å². The maximum absolute atomic E-state index is 9.01. The average molecular weight is 235 g/mol. The standard InChI is InChI=1S/C7H11BrN2O2/c1-7(4-11,5-12)10-3-6(8)2-9-10/h2-3,11-12H,4-5H2,1H3. The van der Waals surface area contributed by atoms with Gasteiger partial charge in [-0.1, -0.05) is 0 Å². The Morgan fingerprint density at radius 3 is 2.50 bits per heavy atom. The van der Waals surface area contributed by atoms with Crippen LogP contribution in [0.3, 0.4) is 0 Å². The van der Waals surface area contributed by atoms with Crippen LogP contribution >= 0.6 is 15.9 Å². The maximum atomic E-state index is 9.01. The fourth-order valence-corrected chi connectivity index (χ4v) is 1.08. The van der Waals surface area contributed by atoms with Crippen LogP contribution in [0, 0.1) is 0 Å². The first-order valence-corrected chi connectivity index (χ1v) is 4.34. The molecule has 1 aromatic rings. The molecule has 4 nitrogen and oxygen atoms in total. The van der Waals surface area contributed by atoms with Crippen LogP contribution in [-0.4, -0.2) is 33.2 Å². The number of hydrogen-bond donors (Lipinski definition) is 2. The Bertz CT molecular complexity index is 258. The highest BCUT2D eigenvalue weighted by molar-refractivity contribution is 9.10. The van der Waals surface area contributed by atoms with Crippen LogP contribution in [0.1, 0.15) is 6.92 Å². The van der Waals surface area contributed by atoms with Gasteiger partial charge in [-0.05, 0) is 22.9 Å². The summed E-state index contributed by atoms with van der Waals surface area (Å²) in [5.41, 5.74) is -0.716. The van der Waals surface area contributed by atoms with E-state index in [0.29, 0.717) is 0 Å². The van der Waals surface area contributed by atoms with E-state index >= 15 is 0 Å². The molecule has 0 unspecified atom stereocenters. The lowest BCUT2D eigenvalue weighted by molar-refractivity contribution is 0.0681. The molecule has 1 aromatic heterocycles. The van der Waals surface area contributed by atoms with E-state index < -0.39 is 5.54 Å². The minimum absolute atomic E-state index is 0.141. The molecule has 0 spiro atoms. The fourth-order valence-electron chi connectivity index (χ4n) is 0.791. The zero-order chi connectivity index (χ0) is 9.19. The van der Waals surface area contributed by atoms with Gasteiger partial charge in [0.25, 0.3) is 0 Å². The Labute approximate surface area is 79.0 Å². The first-order chi connectivity index (χ1) is 5.62. The number of aliphatic hydroxyl groups excluding tert-OH is 2. The van der Waals surface area contributed by atoms with Crippen molar-refractivity contribution >= 4 is 15.9 Å². The average Bonchev–Trinajstić information content (AvgIpc) is 2.51. The quantitative estimate of drug-likeness (QED) is 0.794. The minimum Gasteiger partial charge on any atom is -0.394 e. The largest absolute Gasteiger partial charge is 0.394 e. The van der Waals surface area contributed by atoms with Crippen LogP contribution < -0.4 is 0 Å². The molecule has 0 fully saturated rings. The third-order valence-corrected chi connectivity index (χ3v) is 2.19. The highest BCUT2D eigenvalue weighted by Crippen LogP contribution is 2.16. The number of aliphatic hydroxyl groups is 2. The second-order valence-corrected chi connectivity index (χ2v) is 3.83. The van der Waals surface area contributed by atoms with Gasteiger partial charge in [0.2, 0.25) is 0 Å². The molecule has 2 N–H and O–H groups in total. The topological polar surface area (TPSA) is 58.3 Å². The van der Waals surface area contributed by atoms with Crippen LogP contribution in [0.25, 0.3) is 0 Å². The highest BCUT2D eigenvalue weighted by Gasteiger charge is 2.25. The molecule has 0 aromatic carbocycles. The third kappa shape index (κ3) is 1.68. The summed E-state index contributed by atoms with van der Waals surface area (Å²) in [5.74, 6) is 0. The van der Waals surface area contributed by atoms with Gasteiger partial charge in [0.05, 0.1) is 23.9 Å². The lowest BCUT2D eigenvalue weighted by Gasteiger charge is -2.24. The van der Waals surface area contributed by atoms with Crippen LogP contribution in [0.15, 0.2) is 16.9 Å². The van der Waals surface area contributed by atoms with Crippen molar-refractivity contribution in [3.63, 3.8) is 0 Å². The van der Waals surface area contributed by atoms with Crippen LogP contribution in [-0.2, 0) is 5.54 Å². The van der Waals surface area contributed by atoms with Crippen molar-refractivity contribution in [3.8, 4) is 0 Å². The van der Waals surface area contributed by atoms with E-state index in [-0.39, 0.29) is 13.2 Å². The van der Waals surface area contributed by atoms with Crippen molar-refractivity contribution in [1.29, 1.82) is 0 Å². The zero-order valence-corrected chi connectivity index (χ0v) is 8.32. The molecular weight excluding hydrogens is 224 g/mol. The van der Waals surface area contributed by atoms with Crippen molar-refractivity contribution in [3.05, 3.63) is 16.9 Å². The Hall–Kier alpha value is -0.390. The predicted octanol–water partition coefficient (Wildman–Crippen LogP) is 0.345. The molecule has 1 rings (SSSR count). The van der Waals surface area contributed by atoms with Crippen molar-refractivity contribution in [2.24, 2.45) is 0 Å². The van der Waals surface area contributed by atoms with E-state index in [4.69, 9.17) is 10.2 Å². The summed E-state index contributed by atoms with van der Waals surface area (Å²) in [5, 5.41) is 22.0. The first-order valence-electron chi connectivity index (χ1n) is 3.55. The molecule has 0 saturated heterocycles. The van der Waals surface area contributed by atoms with E-state index in [1.54, 1.807) is 19.3 Å². The smallest absolute Gasteiger partial charge is 0.106 e. The lowest BCUT2D eigenvalue weighted by atomic mass is 10.1. The summed E-state index contributed by atoms with van der Waals surface area (Å²) in [6.07, 6.45) is 3.33. The molecular formula is C7H11BrN2O2. The molecule has 12 heavy (non-hydrogen) atoms. The summed E-state index contributed by atoms with van der Waals surface area (Å²) in [6, 6.07) is 0. The van der Waals surface area contributed by atoms with Gasteiger partial charge in [0, 0.05) is 6.20 Å². The monoisotopic (exact) mass is 234 g/mol. The van der Waals surface area contributed by atoms with Gasteiger partial charge in [-0.15, -0.1) is 0 Å². The van der Waals surface area contributed by atoms with Gasteiger partial charge < -0.3 is 10.2 Å². The summed E-state index contributed by atoms with van der Waals surface area (Å²) in [4.78, 5) is 0. The number of nitrogens with zero attached hydrogens (tertiary/aromatic N) is 2. The Morgan fingerprint density at radius 1 is 1.58 bits per heavy atom. The predicted molar refractivity (Wildman–Crippen MR) is 47.7 cm³/mol. The summed E-state index contributed by atoms with van der Waals surface area (Å²) < 4.78 is 2.37. The highest BCUT2D eigenvalue weighted by atomic mass is 79.9. The summed E-state index contributed by atoms with van der Waals surface area (Å²) in [6.45, 7) is 1.45. The molecule has 0 aliphatic carbocycles. The van der Waals surface area contributed by atoms with Crippen molar-refractivity contribution in [2.75, 3.05) is 13.2 Å². The van der Waals surface area contributed by atoms with Gasteiger partial charge in [-0.3, -0.25) is 4.68 Å². The minimum atomic E-state index is -0.716. The normalized spacial score (nSPS) is 12.0. The summed E-state index contributed by atoms with van der Waals surface area (Å²) in [7, 11) is 0. The van der Waals surface area contributed by atoms with Gasteiger partial charge in [-0.2, -0.15) is 5.10 Å². The van der Waals surface area contributed by atoms with Crippen LogP contribution in [0.5, 0.6) is 0 Å². The third-order valence-electron chi connectivity index (χ3n) is 1.79. The zero-order valence-electron chi connectivity index (χ0n) is 6.74. The van der Waals surface area contributed by atoms with E-state index in [2.05, 4.69) is 21.0 Å². The van der Waals surface area contributed by atoms with Gasteiger partial charge in [0.1, 0.15) is 5.54 Å². The molecule has 0 saturated carbocycles. The number of halogens is 1. The number of rotatable bonds is 3. The van der Waals surface area contributed by atoms with E-state index in [9.17, 15) is 0 Å². The van der Waals surface area contributed by atoms with Gasteiger partial charge in [-0.25, -0.2) is 0 Å². The molecule has 0 amide bonds. The van der Waals surface area contributed by atoms with E-state index in [1.807, 2.05) is 0 Å². The second-order valence-electron chi connectivity index (χ2n) is 2.92. The van der Waals surface area contributed by atoms with Crippen LogP contribution in [0.2, 0.25) is 0 Å². The Kier molecular flexibility index (Phi) is 2.87. The van der Waals surface area contributed by atoms with Gasteiger partial charge in [0.15, 0.2) is 0 Å². The molecule has 0 bridgehead atoms. The Morgan fingerprint density at radius 2 is 2.17 bits per heavy atom. The van der Waals surface area contributed by atoms with Crippen LogP contribution in [0.4, 0.5) is 0 Å². The number of aromatic nitrogens is 2. The molecule has 0 radical (unpaired) electrons. The molecule has 0 aliphatic heterocycles. The molecule has 0 aliphatic rings. The van der Waals surface area contributed by atoms with E-state index in [1.165, 1.54) is 4.68 Å².